The molecule has 0 bridgehead atoms. The Hall–Kier alpha value is -0.240. The minimum atomic E-state index is 0. The monoisotopic (exact) mass is 217 g/mol. The molecule has 1 saturated carbocycles. The molecule has 0 atom stereocenters. The van der Waals surface area contributed by atoms with E-state index in [4.69, 9.17) is 17.3 Å². The van der Waals surface area contributed by atoms with Crippen LogP contribution >= 0.6 is 24.0 Å². The van der Waals surface area contributed by atoms with Crippen molar-refractivity contribution < 1.29 is 0 Å². The van der Waals surface area contributed by atoms with Gasteiger partial charge in [0.1, 0.15) is 0 Å². The van der Waals surface area contributed by atoms with Crippen molar-refractivity contribution in [2.24, 2.45) is 5.73 Å². The Morgan fingerprint density at radius 2 is 2.00 bits per heavy atom. The molecular weight excluding hydrogens is 205 g/mol. The van der Waals surface area contributed by atoms with Crippen molar-refractivity contribution in [3.63, 3.8) is 0 Å². The lowest BCUT2D eigenvalue weighted by Gasteiger charge is -2.32. The number of hydrogen-bond acceptors (Lipinski definition) is 1. The van der Waals surface area contributed by atoms with Crippen LogP contribution in [0.15, 0.2) is 24.3 Å². The highest BCUT2D eigenvalue weighted by Crippen LogP contribution is 2.36. The highest BCUT2D eigenvalue weighted by Gasteiger charge is 2.26. The van der Waals surface area contributed by atoms with E-state index in [0.29, 0.717) is 12.0 Å². The predicted octanol–water partition coefficient (Wildman–Crippen LogP) is 2.97. The maximum Gasteiger partial charge on any atom is 0.0408 e. The lowest BCUT2D eigenvalue weighted by molar-refractivity contribution is 0.351. The molecule has 3 heteroatoms. The largest absolute Gasteiger partial charge is 0.328 e. The summed E-state index contributed by atoms with van der Waals surface area (Å²) in [6.07, 6.45) is 2.22. The van der Waals surface area contributed by atoms with Crippen molar-refractivity contribution in [1.82, 2.24) is 0 Å². The summed E-state index contributed by atoms with van der Waals surface area (Å²) in [6, 6.07) is 8.49. The molecule has 0 aliphatic heterocycles. The summed E-state index contributed by atoms with van der Waals surface area (Å²) in [6.45, 7) is 0. The van der Waals surface area contributed by atoms with E-state index in [2.05, 4.69) is 6.07 Å². The zero-order chi connectivity index (χ0) is 8.55. The van der Waals surface area contributed by atoms with Crippen LogP contribution in [0, 0.1) is 0 Å². The Morgan fingerprint density at radius 1 is 1.31 bits per heavy atom. The summed E-state index contributed by atoms with van der Waals surface area (Å²) in [5.74, 6) is 0.652. The van der Waals surface area contributed by atoms with E-state index in [1.807, 2.05) is 18.2 Å². The second kappa shape index (κ2) is 4.32. The third kappa shape index (κ3) is 2.37. The van der Waals surface area contributed by atoms with Gasteiger partial charge in [-0.1, -0.05) is 23.7 Å². The molecule has 13 heavy (non-hydrogen) atoms. The van der Waals surface area contributed by atoms with Crippen molar-refractivity contribution in [3.8, 4) is 0 Å². The minimum absolute atomic E-state index is 0. The second-order valence-corrected chi connectivity index (χ2v) is 3.92. The van der Waals surface area contributed by atoms with Gasteiger partial charge in [0.2, 0.25) is 0 Å². The van der Waals surface area contributed by atoms with Crippen LogP contribution < -0.4 is 5.73 Å². The second-order valence-electron chi connectivity index (χ2n) is 3.48. The average molecular weight is 218 g/mol. The Labute approximate surface area is 89.7 Å². The summed E-state index contributed by atoms with van der Waals surface area (Å²) in [5.41, 5.74) is 7.05. The zero-order valence-electron chi connectivity index (χ0n) is 7.24. The molecule has 0 amide bonds. The fraction of sp³-hybridized carbons (Fsp3) is 0.400. The Bertz CT molecular complexity index is 282. The first-order valence-corrected chi connectivity index (χ1v) is 4.64. The number of nitrogens with two attached hydrogens (primary N) is 1. The number of rotatable bonds is 1. The van der Waals surface area contributed by atoms with Crippen LogP contribution in [-0.4, -0.2) is 6.04 Å². The molecule has 2 N–H and O–H groups in total. The molecule has 1 nitrogen and oxygen atoms in total. The number of hydrogen-bond donors (Lipinski definition) is 1. The van der Waals surface area contributed by atoms with E-state index in [-0.39, 0.29) is 12.4 Å². The van der Waals surface area contributed by atoms with E-state index < -0.39 is 0 Å². The van der Waals surface area contributed by atoms with Gasteiger partial charge in [0.15, 0.2) is 0 Å². The van der Waals surface area contributed by atoms with Crippen LogP contribution in [0.1, 0.15) is 24.3 Å². The molecule has 1 aliphatic rings. The Kier molecular flexibility index (Phi) is 3.60. The van der Waals surface area contributed by atoms with Gasteiger partial charge in [-0.3, -0.25) is 0 Å². The van der Waals surface area contributed by atoms with Crippen molar-refractivity contribution >= 4 is 24.0 Å². The SMILES string of the molecule is Cl.NC1CC(c2cccc(Cl)c2)C1. The average Bonchev–Trinajstić information content (AvgIpc) is 1.99. The predicted molar refractivity (Wildman–Crippen MR) is 58.7 cm³/mol. The third-order valence-corrected chi connectivity index (χ3v) is 2.73. The summed E-state index contributed by atoms with van der Waals surface area (Å²) in [5, 5.41) is 0.827. The van der Waals surface area contributed by atoms with Gasteiger partial charge in [0, 0.05) is 11.1 Å². The van der Waals surface area contributed by atoms with Crippen molar-refractivity contribution in [3.05, 3.63) is 34.9 Å². The molecule has 1 aromatic rings. The summed E-state index contributed by atoms with van der Waals surface area (Å²) < 4.78 is 0. The van der Waals surface area contributed by atoms with E-state index in [1.165, 1.54) is 5.56 Å². The van der Waals surface area contributed by atoms with Crippen molar-refractivity contribution in [2.75, 3.05) is 0 Å². The van der Waals surface area contributed by atoms with Gasteiger partial charge in [-0.15, -0.1) is 12.4 Å². The number of benzene rings is 1. The molecule has 1 aliphatic carbocycles. The van der Waals surface area contributed by atoms with Crippen LogP contribution in [0.25, 0.3) is 0 Å². The minimum Gasteiger partial charge on any atom is -0.328 e. The fourth-order valence-corrected chi connectivity index (χ4v) is 1.89. The standard InChI is InChI=1S/C10H12ClN.ClH/c11-9-3-1-2-7(4-9)8-5-10(12)6-8;/h1-4,8,10H,5-6,12H2;1H. The molecule has 0 unspecified atom stereocenters. The first-order valence-electron chi connectivity index (χ1n) is 4.27. The normalized spacial score (nSPS) is 26.0. The van der Waals surface area contributed by atoms with Gasteiger partial charge in [-0.05, 0) is 36.5 Å². The molecule has 0 spiro atoms. The van der Waals surface area contributed by atoms with Gasteiger partial charge in [-0.25, -0.2) is 0 Å². The molecule has 1 aromatic carbocycles. The maximum atomic E-state index is 5.88. The van der Waals surface area contributed by atoms with Crippen LogP contribution in [-0.2, 0) is 0 Å². The lowest BCUT2D eigenvalue weighted by Crippen LogP contribution is -2.34. The molecule has 0 heterocycles. The van der Waals surface area contributed by atoms with Crippen LogP contribution in [0.4, 0.5) is 0 Å². The van der Waals surface area contributed by atoms with Crippen LogP contribution in [0.3, 0.4) is 0 Å². The molecule has 2 rings (SSSR count). The first-order chi connectivity index (χ1) is 5.75. The van der Waals surface area contributed by atoms with Crippen LogP contribution in [0.5, 0.6) is 0 Å². The molecule has 0 aromatic heterocycles. The molecule has 0 radical (unpaired) electrons. The highest BCUT2D eigenvalue weighted by atomic mass is 35.5. The molecular formula is C10H13Cl2N. The molecule has 1 fully saturated rings. The summed E-state index contributed by atoms with van der Waals surface area (Å²) >= 11 is 5.88. The van der Waals surface area contributed by atoms with E-state index in [0.717, 1.165) is 17.9 Å². The summed E-state index contributed by atoms with van der Waals surface area (Å²) in [4.78, 5) is 0. The molecule has 0 saturated heterocycles. The quantitative estimate of drug-likeness (QED) is 0.770. The first kappa shape index (κ1) is 10.8. The topological polar surface area (TPSA) is 26.0 Å². The Balaban J connectivity index is 0.000000845. The number of halogens is 2. The van der Waals surface area contributed by atoms with E-state index >= 15 is 0 Å². The van der Waals surface area contributed by atoms with Gasteiger partial charge < -0.3 is 5.73 Å². The smallest absolute Gasteiger partial charge is 0.0408 e. The lowest BCUT2D eigenvalue weighted by atomic mass is 9.76. The fourth-order valence-electron chi connectivity index (χ4n) is 1.69. The summed E-state index contributed by atoms with van der Waals surface area (Å²) in [7, 11) is 0. The van der Waals surface area contributed by atoms with Gasteiger partial charge in [0.05, 0.1) is 0 Å². The van der Waals surface area contributed by atoms with Crippen molar-refractivity contribution in [2.45, 2.75) is 24.8 Å². The highest BCUT2D eigenvalue weighted by molar-refractivity contribution is 6.30. The van der Waals surface area contributed by atoms with E-state index in [1.54, 1.807) is 0 Å². The zero-order valence-corrected chi connectivity index (χ0v) is 8.81. The van der Waals surface area contributed by atoms with Gasteiger partial charge in [-0.2, -0.15) is 0 Å². The van der Waals surface area contributed by atoms with Gasteiger partial charge >= 0.3 is 0 Å². The molecule has 72 valence electrons. The van der Waals surface area contributed by atoms with Gasteiger partial charge in [0.25, 0.3) is 0 Å². The van der Waals surface area contributed by atoms with Crippen LogP contribution in [0.2, 0.25) is 5.02 Å². The maximum absolute atomic E-state index is 5.88. The van der Waals surface area contributed by atoms with Crippen molar-refractivity contribution in [1.29, 1.82) is 0 Å². The third-order valence-electron chi connectivity index (χ3n) is 2.49. The Morgan fingerprint density at radius 3 is 2.54 bits per heavy atom. The van der Waals surface area contributed by atoms with E-state index in [9.17, 15) is 0 Å².